The number of nitrogens with one attached hydrogen (secondary N) is 4. The number of hydrogen-bond acceptors (Lipinski definition) is 8. The van der Waals surface area contributed by atoms with Gasteiger partial charge in [0.05, 0.1) is 18.8 Å². The zero-order valence-corrected chi connectivity index (χ0v) is 21.6. The van der Waals surface area contributed by atoms with Crippen LogP contribution in [0, 0.1) is 5.92 Å². The van der Waals surface area contributed by atoms with Gasteiger partial charge in [0.1, 0.15) is 23.9 Å². The van der Waals surface area contributed by atoms with Gasteiger partial charge in [0, 0.05) is 24.7 Å². The van der Waals surface area contributed by atoms with Crippen LogP contribution in [0.25, 0.3) is 0 Å². The molecule has 4 atom stereocenters. The molecule has 0 aliphatic heterocycles. The number of phenols is 1. The summed E-state index contributed by atoms with van der Waals surface area (Å²) in [5.74, 6) is -5.05. The Morgan fingerprint density at radius 1 is 0.897 bits per heavy atom. The molecule has 0 aliphatic carbocycles. The van der Waals surface area contributed by atoms with Crippen molar-refractivity contribution in [3.05, 3.63) is 48.0 Å². The molecule has 4 unspecified atom stereocenters. The lowest BCUT2D eigenvalue weighted by Gasteiger charge is -2.26. The average Bonchev–Trinajstić information content (AvgIpc) is 3.36. The molecule has 0 spiro atoms. The Balaban J connectivity index is 2.23. The number of carboxylic acid groups (broad SMARTS) is 2. The Morgan fingerprint density at radius 2 is 1.49 bits per heavy atom. The Kier molecular flexibility index (Phi) is 11.4. The van der Waals surface area contributed by atoms with Gasteiger partial charge in [-0.2, -0.15) is 0 Å². The van der Waals surface area contributed by atoms with Crippen LogP contribution in [0.5, 0.6) is 5.75 Å². The minimum atomic E-state index is -1.42. The van der Waals surface area contributed by atoms with Crippen molar-refractivity contribution >= 4 is 29.7 Å². The van der Waals surface area contributed by atoms with Crippen molar-refractivity contribution in [2.45, 2.75) is 63.7 Å². The molecule has 1 aromatic heterocycles. The van der Waals surface area contributed by atoms with Gasteiger partial charge < -0.3 is 42.0 Å². The number of amides is 3. The lowest BCUT2D eigenvalue weighted by atomic mass is 10.00. The molecule has 0 aliphatic rings. The fourth-order valence-corrected chi connectivity index (χ4v) is 3.70. The normalized spacial score (nSPS) is 14.1. The SMILES string of the molecule is CC(C)CC(NC(=O)C(Cc1ccc(O)cc1)NC(=O)C(N)CC(=O)O)C(=O)NC(Cc1cnc[nH]1)C(=O)O. The third-order valence-corrected chi connectivity index (χ3v) is 5.67. The van der Waals surface area contributed by atoms with Crippen LogP contribution in [0.2, 0.25) is 0 Å². The first-order chi connectivity index (χ1) is 18.3. The van der Waals surface area contributed by atoms with Crippen molar-refractivity contribution in [1.29, 1.82) is 0 Å². The van der Waals surface area contributed by atoms with E-state index in [9.17, 15) is 34.2 Å². The van der Waals surface area contributed by atoms with Gasteiger partial charge in [0.2, 0.25) is 17.7 Å². The zero-order valence-electron chi connectivity index (χ0n) is 21.6. The van der Waals surface area contributed by atoms with E-state index < -0.39 is 60.2 Å². The summed E-state index contributed by atoms with van der Waals surface area (Å²) in [5.41, 5.74) is 6.69. The summed E-state index contributed by atoms with van der Waals surface area (Å²) >= 11 is 0. The Labute approximate surface area is 224 Å². The Hall–Kier alpha value is -4.46. The van der Waals surface area contributed by atoms with Crippen LogP contribution in [0.4, 0.5) is 0 Å². The van der Waals surface area contributed by atoms with E-state index in [0.717, 1.165) is 0 Å². The predicted octanol–water partition coefficient (Wildman–Crippen LogP) is -0.712. The third-order valence-electron chi connectivity index (χ3n) is 5.67. The highest BCUT2D eigenvalue weighted by Gasteiger charge is 2.31. The van der Waals surface area contributed by atoms with Gasteiger partial charge in [-0.3, -0.25) is 19.2 Å². The van der Waals surface area contributed by atoms with Crippen molar-refractivity contribution in [2.24, 2.45) is 11.7 Å². The Bertz CT molecular complexity index is 1140. The highest BCUT2D eigenvalue weighted by atomic mass is 16.4. The number of imidazole rings is 1. The number of benzene rings is 1. The van der Waals surface area contributed by atoms with Crippen LogP contribution in [-0.2, 0) is 36.8 Å². The highest BCUT2D eigenvalue weighted by Crippen LogP contribution is 2.13. The molecule has 1 aromatic carbocycles. The zero-order chi connectivity index (χ0) is 29.1. The highest BCUT2D eigenvalue weighted by molar-refractivity contribution is 5.94. The number of aromatic amines is 1. The molecule has 2 rings (SSSR count). The molecule has 3 amide bonds. The van der Waals surface area contributed by atoms with Crippen LogP contribution < -0.4 is 21.7 Å². The number of carbonyl (C=O) groups excluding carboxylic acids is 3. The lowest BCUT2D eigenvalue weighted by Crippen LogP contribution is -2.58. The van der Waals surface area contributed by atoms with E-state index in [4.69, 9.17) is 10.8 Å². The number of aromatic hydroxyl groups is 1. The Morgan fingerprint density at radius 3 is 2.03 bits per heavy atom. The first-order valence-electron chi connectivity index (χ1n) is 12.2. The molecule has 9 N–H and O–H groups in total. The maximum atomic E-state index is 13.3. The molecular weight excluding hydrogens is 512 g/mol. The van der Waals surface area contributed by atoms with E-state index in [-0.39, 0.29) is 30.9 Å². The molecule has 0 fully saturated rings. The van der Waals surface area contributed by atoms with E-state index in [1.54, 1.807) is 0 Å². The number of rotatable bonds is 15. The second kappa shape index (κ2) is 14.5. The van der Waals surface area contributed by atoms with Gasteiger partial charge in [0.15, 0.2) is 0 Å². The average molecular weight is 547 g/mol. The molecule has 39 heavy (non-hydrogen) atoms. The molecule has 0 saturated carbocycles. The smallest absolute Gasteiger partial charge is 0.326 e. The van der Waals surface area contributed by atoms with Crippen LogP contribution in [0.3, 0.4) is 0 Å². The summed E-state index contributed by atoms with van der Waals surface area (Å²) in [4.78, 5) is 68.3. The van der Waals surface area contributed by atoms with E-state index in [2.05, 4.69) is 25.9 Å². The van der Waals surface area contributed by atoms with Gasteiger partial charge >= 0.3 is 11.9 Å². The van der Waals surface area contributed by atoms with E-state index in [1.807, 2.05) is 13.8 Å². The minimum Gasteiger partial charge on any atom is -0.508 e. The standard InChI is InChI=1S/C25H34N6O8/c1-13(2)7-18(23(36)31-20(25(38)39)9-15-11-27-12-28-15)30-24(37)19(8-14-3-5-16(32)6-4-14)29-22(35)17(26)10-21(33)34/h3-6,11-13,17-20,32H,7-10,26H2,1-2H3,(H,27,28)(H,29,35)(H,30,37)(H,31,36)(H,33,34)(H,38,39). The van der Waals surface area contributed by atoms with Crippen molar-refractivity contribution in [3.8, 4) is 5.75 Å². The molecule has 0 bridgehead atoms. The van der Waals surface area contributed by atoms with Crippen molar-refractivity contribution in [2.75, 3.05) is 0 Å². The number of nitrogens with zero attached hydrogens (tertiary/aromatic N) is 1. The number of aromatic nitrogens is 2. The fraction of sp³-hybridized carbons (Fsp3) is 0.440. The summed E-state index contributed by atoms with van der Waals surface area (Å²) < 4.78 is 0. The molecule has 212 valence electrons. The maximum absolute atomic E-state index is 13.3. The second-order valence-corrected chi connectivity index (χ2v) is 9.51. The maximum Gasteiger partial charge on any atom is 0.326 e. The van der Waals surface area contributed by atoms with Crippen molar-refractivity contribution < 1.29 is 39.3 Å². The summed E-state index contributed by atoms with van der Waals surface area (Å²) in [7, 11) is 0. The van der Waals surface area contributed by atoms with Crippen LogP contribution in [0.1, 0.15) is 37.9 Å². The van der Waals surface area contributed by atoms with Gasteiger partial charge in [-0.15, -0.1) is 0 Å². The quantitative estimate of drug-likeness (QED) is 0.140. The number of hydrogen-bond donors (Lipinski definition) is 8. The number of nitrogens with two attached hydrogens (primary N) is 1. The summed E-state index contributed by atoms with van der Waals surface area (Å²) in [6.45, 7) is 3.62. The first kappa shape index (κ1) is 30.8. The summed E-state index contributed by atoms with van der Waals surface area (Å²) in [5, 5.41) is 35.5. The molecule has 1 heterocycles. The van der Waals surface area contributed by atoms with E-state index in [1.165, 1.54) is 36.8 Å². The second-order valence-electron chi connectivity index (χ2n) is 9.51. The monoisotopic (exact) mass is 546 g/mol. The molecule has 0 saturated heterocycles. The van der Waals surface area contributed by atoms with Crippen molar-refractivity contribution in [1.82, 2.24) is 25.9 Å². The van der Waals surface area contributed by atoms with E-state index >= 15 is 0 Å². The third kappa shape index (κ3) is 10.4. The molecular formula is C25H34N6O8. The number of aliphatic carboxylic acids is 2. The van der Waals surface area contributed by atoms with Gasteiger partial charge in [0.25, 0.3) is 0 Å². The minimum absolute atomic E-state index is 0.0101. The van der Waals surface area contributed by atoms with Gasteiger partial charge in [-0.1, -0.05) is 26.0 Å². The summed E-state index contributed by atoms with van der Waals surface area (Å²) in [6, 6.07) is 0.718. The number of phenolic OH excluding ortho intramolecular Hbond substituents is 1. The van der Waals surface area contributed by atoms with Gasteiger partial charge in [-0.25, -0.2) is 9.78 Å². The number of H-pyrrole nitrogens is 1. The van der Waals surface area contributed by atoms with Crippen LogP contribution in [0.15, 0.2) is 36.8 Å². The molecule has 0 radical (unpaired) electrons. The van der Waals surface area contributed by atoms with Crippen LogP contribution >= 0.6 is 0 Å². The van der Waals surface area contributed by atoms with Gasteiger partial charge in [-0.05, 0) is 30.0 Å². The lowest BCUT2D eigenvalue weighted by molar-refractivity contribution is -0.142. The molecule has 14 nitrogen and oxygen atoms in total. The number of carboxylic acids is 2. The van der Waals surface area contributed by atoms with Crippen LogP contribution in [-0.4, -0.2) is 79.1 Å². The topological polar surface area (TPSA) is 237 Å². The first-order valence-corrected chi connectivity index (χ1v) is 12.2. The molecule has 2 aromatic rings. The predicted molar refractivity (Wildman–Crippen MR) is 137 cm³/mol. The van der Waals surface area contributed by atoms with Crippen molar-refractivity contribution in [3.63, 3.8) is 0 Å². The van der Waals surface area contributed by atoms with E-state index in [0.29, 0.717) is 11.3 Å². The molecule has 14 heteroatoms. The summed E-state index contributed by atoms with van der Waals surface area (Å²) in [6.07, 6.45) is 2.18. The number of carbonyl (C=O) groups is 5. The fourth-order valence-electron chi connectivity index (χ4n) is 3.70. The largest absolute Gasteiger partial charge is 0.508 e.